The molecule has 0 saturated carbocycles. The lowest BCUT2D eigenvalue weighted by atomic mass is 9.88. The number of carbonyl (C=O) groups is 1. The Balaban J connectivity index is 2.00. The smallest absolute Gasteiger partial charge is 0.229 e. The molecular weight excluding hydrogens is 250 g/mol. The van der Waals surface area contributed by atoms with Gasteiger partial charge in [-0.1, -0.05) is 12.1 Å². The zero-order valence-electron chi connectivity index (χ0n) is 12.9. The van der Waals surface area contributed by atoms with Gasteiger partial charge in [0.15, 0.2) is 0 Å². The Hall–Kier alpha value is -1.55. The Labute approximate surface area is 121 Å². The van der Waals surface area contributed by atoms with E-state index in [0.29, 0.717) is 6.54 Å². The summed E-state index contributed by atoms with van der Waals surface area (Å²) >= 11 is 0. The molecular formula is C16H25N3O. The first-order chi connectivity index (χ1) is 9.42. The summed E-state index contributed by atoms with van der Waals surface area (Å²) < 4.78 is 0. The van der Waals surface area contributed by atoms with Gasteiger partial charge in [-0.25, -0.2) is 0 Å². The molecule has 1 fully saturated rings. The molecule has 1 aliphatic rings. The second kappa shape index (κ2) is 5.83. The van der Waals surface area contributed by atoms with E-state index in [1.165, 1.54) is 11.3 Å². The minimum atomic E-state index is -0.238. The first-order valence-electron chi connectivity index (χ1n) is 7.15. The van der Waals surface area contributed by atoms with Crippen molar-refractivity contribution in [3.8, 4) is 0 Å². The Bertz CT molecular complexity index is 461. The third-order valence-electron chi connectivity index (χ3n) is 4.10. The van der Waals surface area contributed by atoms with Crippen LogP contribution in [0.1, 0.15) is 18.9 Å². The topological polar surface area (TPSA) is 35.6 Å². The lowest BCUT2D eigenvalue weighted by Gasteiger charge is -2.28. The highest BCUT2D eigenvalue weighted by molar-refractivity contribution is 5.82. The maximum Gasteiger partial charge on any atom is 0.229 e. The predicted molar refractivity (Wildman–Crippen MR) is 82.8 cm³/mol. The second-order valence-corrected chi connectivity index (χ2v) is 6.21. The summed E-state index contributed by atoms with van der Waals surface area (Å²) in [4.78, 5) is 16.4. The molecule has 0 spiro atoms. The third-order valence-corrected chi connectivity index (χ3v) is 4.10. The van der Waals surface area contributed by atoms with Crippen molar-refractivity contribution in [1.82, 2.24) is 10.2 Å². The number of carbonyl (C=O) groups excluding carboxylic acids is 1. The van der Waals surface area contributed by atoms with Gasteiger partial charge in [0.25, 0.3) is 0 Å². The highest BCUT2D eigenvalue weighted by atomic mass is 16.2. The first-order valence-corrected chi connectivity index (χ1v) is 7.15. The van der Waals surface area contributed by atoms with E-state index in [-0.39, 0.29) is 11.3 Å². The van der Waals surface area contributed by atoms with E-state index in [4.69, 9.17) is 0 Å². The van der Waals surface area contributed by atoms with Gasteiger partial charge in [0.2, 0.25) is 5.91 Å². The molecule has 0 bridgehead atoms. The molecule has 110 valence electrons. The van der Waals surface area contributed by atoms with Gasteiger partial charge in [-0.3, -0.25) is 4.79 Å². The Morgan fingerprint density at radius 1 is 1.25 bits per heavy atom. The summed E-state index contributed by atoms with van der Waals surface area (Å²) in [6.45, 7) is 4.45. The maximum atomic E-state index is 12.5. The van der Waals surface area contributed by atoms with Crippen LogP contribution in [-0.4, -0.2) is 45.0 Å². The zero-order valence-corrected chi connectivity index (χ0v) is 12.9. The quantitative estimate of drug-likeness (QED) is 0.908. The number of hydrogen-bond donors (Lipinski definition) is 1. The molecule has 1 atom stereocenters. The van der Waals surface area contributed by atoms with Crippen LogP contribution in [0.15, 0.2) is 24.3 Å². The number of rotatable bonds is 4. The maximum absolute atomic E-state index is 12.5. The van der Waals surface area contributed by atoms with Crippen molar-refractivity contribution in [1.29, 1.82) is 0 Å². The van der Waals surface area contributed by atoms with Gasteiger partial charge in [0.1, 0.15) is 0 Å². The van der Waals surface area contributed by atoms with Crippen molar-refractivity contribution < 1.29 is 4.79 Å². The average Bonchev–Trinajstić information content (AvgIpc) is 2.86. The molecule has 1 N–H and O–H groups in total. The van der Waals surface area contributed by atoms with Crippen molar-refractivity contribution in [3.05, 3.63) is 29.8 Å². The van der Waals surface area contributed by atoms with Crippen molar-refractivity contribution in [3.63, 3.8) is 0 Å². The number of hydrogen-bond acceptors (Lipinski definition) is 3. The Kier molecular flexibility index (Phi) is 4.33. The van der Waals surface area contributed by atoms with Gasteiger partial charge in [0, 0.05) is 39.9 Å². The molecule has 1 saturated heterocycles. The van der Waals surface area contributed by atoms with E-state index in [0.717, 1.165) is 19.5 Å². The molecule has 4 heteroatoms. The van der Waals surface area contributed by atoms with Gasteiger partial charge in [0.05, 0.1) is 5.41 Å². The molecule has 0 aliphatic carbocycles. The summed E-state index contributed by atoms with van der Waals surface area (Å²) in [5.74, 6) is 0.235. The van der Waals surface area contributed by atoms with Crippen molar-refractivity contribution >= 4 is 11.6 Å². The van der Waals surface area contributed by atoms with Gasteiger partial charge < -0.3 is 15.1 Å². The van der Waals surface area contributed by atoms with Crippen LogP contribution in [0.4, 0.5) is 5.69 Å². The third kappa shape index (κ3) is 3.12. The highest BCUT2D eigenvalue weighted by Crippen LogP contribution is 2.27. The fourth-order valence-electron chi connectivity index (χ4n) is 2.71. The SMILES string of the molecule is CN(Cc1ccc(N(C)C)cc1)C(=O)C1(C)CCNC1. The van der Waals surface area contributed by atoms with E-state index < -0.39 is 0 Å². The minimum absolute atomic E-state index is 0.235. The summed E-state index contributed by atoms with van der Waals surface area (Å²) in [5, 5.41) is 3.28. The first kappa shape index (κ1) is 14.9. The van der Waals surface area contributed by atoms with Crippen LogP contribution in [0.3, 0.4) is 0 Å². The normalized spacial score (nSPS) is 21.8. The fourth-order valence-corrected chi connectivity index (χ4v) is 2.71. The van der Waals surface area contributed by atoms with Crippen LogP contribution in [0, 0.1) is 5.41 Å². The highest BCUT2D eigenvalue weighted by Gasteiger charge is 2.38. The van der Waals surface area contributed by atoms with Crippen LogP contribution in [-0.2, 0) is 11.3 Å². The van der Waals surface area contributed by atoms with Crippen molar-refractivity contribution in [2.75, 3.05) is 39.1 Å². The monoisotopic (exact) mass is 275 g/mol. The van der Waals surface area contributed by atoms with E-state index in [2.05, 4.69) is 41.4 Å². The molecule has 4 nitrogen and oxygen atoms in total. The standard InChI is InChI=1S/C16H25N3O/c1-16(9-10-17-12-16)15(20)19(4)11-13-5-7-14(8-6-13)18(2)3/h5-8,17H,9-12H2,1-4H3. The number of benzene rings is 1. The van der Waals surface area contributed by atoms with E-state index in [1.807, 2.05) is 26.0 Å². The van der Waals surface area contributed by atoms with Crippen LogP contribution >= 0.6 is 0 Å². The summed E-state index contributed by atoms with van der Waals surface area (Å²) in [6.07, 6.45) is 0.926. The Morgan fingerprint density at radius 2 is 1.90 bits per heavy atom. The van der Waals surface area contributed by atoms with Gasteiger partial charge in [-0.05, 0) is 37.6 Å². The molecule has 1 aliphatic heterocycles. The lowest BCUT2D eigenvalue weighted by Crippen LogP contribution is -2.41. The molecule has 1 unspecified atom stereocenters. The molecule has 2 rings (SSSR count). The number of anilines is 1. The lowest BCUT2D eigenvalue weighted by molar-refractivity contribution is -0.139. The zero-order chi connectivity index (χ0) is 14.8. The largest absolute Gasteiger partial charge is 0.378 e. The molecule has 0 aromatic heterocycles. The summed E-state index contributed by atoms with van der Waals surface area (Å²) in [5.41, 5.74) is 2.11. The predicted octanol–water partition coefficient (Wildman–Crippen LogP) is 1.71. The molecule has 0 radical (unpaired) electrons. The molecule has 1 aromatic carbocycles. The molecule has 1 heterocycles. The van der Waals surface area contributed by atoms with Crippen LogP contribution in [0.2, 0.25) is 0 Å². The average molecular weight is 275 g/mol. The summed E-state index contributed by atoms with van der Waals surface area (Å²) in [6, 6.07) is 8.36. The van der Waals surface area contributed by atoms with Gasteiger partial charge in [-0.15, -0.1) is 0 Å². The minimum Gasteiger partial charge on any atom is -0.378 e. The van der Waals surface area contributed by atoms with Gasteiger partial charge in [-0.2, -0.15) is 0 Å². The van der Waals surface area contributed by atoms with Crippen LogP contribution < -0.4 is 10.2 Å². The molecule has 1 amide bonds. The second-order valence-electron chi connectivity index (χ2n) is 6.21. The number of amides is 1. The summed E-state index contributed by atoms with van der Waals surface area (Å²) in [7, 11) is 5.95. The van der Waals surface area contributed by atoms with E-state index in [9.17, 15) is 4.79 Å². The fraction of sp³-hybridized carbons (Fsp3) is 0.562. The molecule has 20 heavy (non-hydrogen) atoms. The van der Waals surface area contributed by atoms with Crippen molar-refractivity contribution in [2.24, 2.45) is 5.41 Å². The van der Waals surface area contributed by atoms with Crippen molar-refractivity contribution in [2.45, 2.75) is 19.9 Å². The van der Waals surface area contributed by atoms with Crippen LogP contribution in [0.25, 0.3) is 0 Å². The van der Waals surface area contributed by atoms with E-state index in [1.54, 1.807) is 0 Å². The molecule has 1 aromatic rings. The Morgan fingerprint density at radius 3 is 2.40 bits per heavy atom. The van der Waals surface area contributed by atoms with Gasteiger partial charge >= 0.3 is 0 Å². The van der Waals surface area contributed by atoms with E-state index >= 15 is 0 Å². The number of nitrogens with zero attached hydrogens (tertiary/aromatic N) is 2. The van der Waals surface area contributed by atoms with Crippen LogP contribution in [0.5, 0.6) is 0 Å². The number of nitrogens with one attached hydrogen (secondary N) is 1.